The van der Waals surface area contributed by atoms with Crippen molar-refractivity contribution in [3.8, 4) is 6.07 Å². The summed E-state index contributed by atoms with van der Waals surface area (Å²) in [7, 11) is 1.98. The molecule has 0 saturated carbocycles. The van der Waals surface area contributed by atoms with Crippen molar-refractivity contribution >= 4 is 11.4 Å². The Balaban J connectivity index is 2.13. The highest BCUT2D eigenvalue weighted by Gasteiger charge is 2.18. The summed E-state index contributed by atoms with van der Waals surface area (Å²) < 4.78 is 5.59. The molecule has 1 aliphatic heterocycles. The van der Waals surface area contributed by atoms with E-state index in [1.807, 2.05) is 19.2 Å². The van der Waals surface area contributed by atoms with Crippen LogP contribution in [0, 0.1) is 11.3 Å². The van der Waals surface area contributed by atoms with Crippen molar-refractivity contribution < 1.29 is 4.74 Å². The van der Waals surface area contributed by atoms with Gasteiger partial charge < -0.3 is 15.4 Å². The molecule has 0 bridgehead atoms. The van der Waals surface area contributed by atoms with Gasteiger partial charge in [0.15, 0.2) is 0 Å². The third kappa shape index (κ3) is 2.51. The monoisotopic (exact) mass is 231 g/mol. The van der Waals surface area contributed by atoms with Crippen LogP contribution in [0.3, 0.4) is 0 Å². The number of benzene rings is 1. The van der Waals surface area contributed by atoms with Crippen molar-refractivity contribution in [1.29, 1.82) is 5.26 Å². The number of para-hydroxylation sites is 1. The Kier molecular flexibility index (Phi) is 3.50. The van der Waals surface area contributed by atoms with E-state index in [9.17, 15) is 0 Å². The van der Waals surface area contributed by atoms with Gasteiger partial charge in [-0.3, -0.25) is 0 Å². The molecule has 1 fully saturated rings. The van der Waals surface area contributed by atoms with Crippen molar-refractivity contribution in [2.45, 2.75) is 18.9 Å². The number of hydrogen-bond donors (Lipinski definition) is 1. The highest BCUT2D eigenvalue weighted by Crippen LogP contribution is 2.26. The van der Waals surface area contributed by atoms with Gasteiger partial charge in [-0.15, -0.1) is 0 Å². The molecule has 0 spiro atoms. The number of nitrogens with two attached hydrogens (primary N) is 1. The molecule has 0 aliphatic carbocycles. The molecular weight excluding hydrogens is 214 g/mol. The predicted octanol–water partition coefficient (Wildman–Crippen LogP) is 1.76. The first-order valence-corrected chi connectivity index (χ1v) is 5.83. The topological polar surface area (TPSA) is 62.3 Å². The lowest BCUT2D eigenvalue weighted by Crippen LogP contribution is -2.29. The molecule has 1 saturated heterocycles. The quantitative estimate of drug-likeness (QED) is 0.805. The second-order valence-electron chi connectivity index (χ2n) is 4.37. The smallest absolute Gasteiger partial charge is 0.101 e. The van der Waals surface area contributed by atoms with E-state index < -0.39 is 0 Å². The van der Waals surface area contributed by atoms with Crippen LogP contribution in [0.15, 0.2) is 18.2 Å². The number of anilines is 2. The van der Waals surface area contributed by atoms with Crippen molar-refractivity contribution in [2.75, 3.05) is 30.8 Å². The van der Waals surface area contributed by atoms with Gasteiger partial charge in [-0.1, -0.05) is 6.07 Å². The average molecular weight is 231 g/mol. The van der Waals surface area contributed by atoms with Gasteiger partial charge in [0, 0.05) is 20.2 Å². The third-order valence-electron chi connectivity index (χ3n) is 3.12. The van der Waals surface area contributed by atoms with Gasteiger partial charge in [0.2, 0.25) is 0 Å². The molecule has 0 aromatic heterocycles. The zero-order valence-corrected chi connectivity index (χ0v) is 10.0. The summed E-state index contributed by atoms with van der Waals surface area (Å²) in [6.45, 7) is 1.67. The minimum atomic E-state index is 0.283. The molecule has 4 nitrogen and oxygen atoms in total. The van der Waals surface area contributed by atoms with E-state index in [4.69, 9.17) is 15.7 Å². The van der Waals surface area contributed by atoms with Gasteiger partial charge >= 0.3 is 0 Å². The Morgan fingerprint density at radius 2 is 2.41 bits per heavy atom. The molecule has 4 heteroatoms. The number of rotatable bonds is 3. The fourth-order valence-corrected chi connectivity index (χ4v) is 2.18. The van der Waals surface area contributed by atoms with Crippen LogP contribution in [0.25, 0.3) is 0 Å². The average Bonchev–Trinajstić information content (AvgIpc) is 2.82. The minimum absolute atomic E-state index is 0.283. The summed E-state index contributed by atoms with van der Waals surface area (Å²) in [6, 6.07) is 7.63. The molecule has 17 heavy (non-hydrogen) atoms. The molecule has 1 aliphatic rings. The van der Waals surface area contributed by atoms with Gasteiger partial charge in [-0.25, -0.2) is 0 Å². The fraction of sp³-hybridized carbons (Fsp3) is 0.462. The maximum Gasteiger partial charge on any atom is 0.101 e. The van der Waals surface area contributed by atoms with Crippen LogP contribution in [0.1, 0.15) is 18.4 Å². The lowest BCUT2D eigenvalue weighted by Gasteiger charge is -2.24. The van der Waals surface area contributed by atoms with Crippen molar-refractivity contribution in [3.05, 3.63) is 23.8 Å². The normalized spacial score (nSPS) is 18.9. The van der Waals surface area contributed by atoms with Crippen LogP contribution in [0.4, 0.5) is 11.4 Å². The Hall–Kier alpha value is -1.73. The van der Waals surface area contributed by atoms with Crippen molar-refractivity contribution in [2.24, 2.45) is 0 Å². The van der Waals surface area contributed by atoms with Crippen LogP contribution in [0.2, 0.25) is 0 Å². The highest BCUT2D eigenvalue weighted by atomic mass is 16.5. The molecule has 0 amide bonds. The van der Waals surface area contributed by atoms with Gasteiger partial charge in [0.25, 0.3) is 0 Å². The first kappa shape index (κ1) is 11.7. The molecule has 1 heterocycles. The molecule has 90 valence electrons. The van der Waals surface area contributed by atoms with Crippen molar-refractivity contribution in [3.63, 3.8) is 0 Å². The van der Waals surface area contributed by atoms with Gasteiger partial charge in [-0.2, -0.15) is 5.26 Å². The lowest BCUT2D eigenvalue weighted by atomic mass is 10.1. The Morgan fingerprint density at radius 3 is 3.06 bits per heavy atom. The van der Waals surface area contributed by atoms with E-state index in [0.29, 0.717) is 11.3 Å². The second-order valence-corrected chi connectivity index (χ2v) is 4.37. The summed E-state index contributed by atoms with van der Waals surface area (Å²) >= 11 is 0. The number of nitrogens with zero attached hydrogens (tertiary/aromatic N) is 2. The zero-order chi connectivity index (χ0) is 12.3. The van der Waals surface area contributed by atoms with Crippen molar-refractivity contribution in [1.82, 2.24) is 0 Å². The van der Waals surface area contributed by atoms with E-state index in [-0.39, 0.29) is 6.10 Å². The summed E-state index contributed by atoms with van der Waals surface area (Å²) in [5, 5.41) is 8.94. The van der Waals surface area contributed by atoms with Gasteiger partial charge in [0.05, 0.1) is 23.0 Å². The maximum absolute atomic E-state index is 8.94. The first-order valence-electron chi connectivity index (χ1n) is 5.83. The standard InChI is InChI=1S/C13H17N3O/c1-16(9-11-5-3-7-17-11)12-6-2-4-10(8-14)13(12)15/h2,4,6,11H,3,5,7,9,15H2,1H3. The lowest BCUT2D eigenvalue weighted by molar-refractivity contribution is 0.116. The SMILES string of the molecule is CN(CC1CCCO1)c1cccc(C#N)c1N. The summed E-state index contributed by atoms with van der Waals surface area (Å²) in [5.41, 5.74) is 7.95. The van der Waals surface area contributed by atoms with Crippen LogP contribution < -0.4 is 10.6 Å². The van der Waals surface area contributed by atoms with E-state index in [1.54, 1.807) is 6.07 Å². The Labute approximate surface area is 102 Å². The largest absolute Gasteiger partial charge is 0.396 e. The van der Waals surface area contributed by atoms with Gasteiger partial charge in [0.1, 0.15) is 6.07 Å². The number of ether oxygens (including phenoxy) is 1. The molecule has 1 atom stereocenters. The number of likely N-dealkylation sites (N-methyl/N-ethyl adjacent to an activating group) is 1. The van der Waals surface area contributed by atoms with E-state index in [0.717, 1.165) is 31.7 Å². The van der Waals surface area contributed by atoms with Gasteiger partial charge in [-0.05, 0) is 25.0 Å². The number of nitrogen functional groups attached to an aromatic ring is 1. The predicted molar refractivity (Wildman–Crippen MR) is 67.8 cm³/mol. The molecule has 1 aromatic rings. The molecule has 1 aromatic carbocycles. The molecule has 1 unspecified atom stereocenters. The molecule has 2 N–H and O–H groups in total. The minimum Gasteiger partial charge on any atom is -0.396 e. The summed E-state index contributed by atoms with van der Waals surface area (Å²) in [5.74, 6) is 0. The van der Waals surface area contributed by atoms with Crippen LogP contribution in [-0.2, 0) is 4.74 Å². The number of nitriles is 1. The van der Waals surface area contributed by atoms with Crippen LogP contribution in [0.5, 0.6) is 0 Å². The zero-order valence-electron chi connectivity index (χ0n) is 10.0. The highest BCUT2D eigenvalue weighted by molar-refractivity contribution is 5.73. The van der Waals surface area contributed by atoms with E-state index >= 15 is 0 Å². The first-order chi connectivity index (χ1) is 8.22. The molecule has 0 radical (unpaired) electrons. The molecule has 2 rings (SSSR count). The van der Waals surface area contributed by atoms with E-state index in [1.165, 1.54) is 0 Å². The number of hydrogen-bond acceptors (Lipinski definition) is 4. The summed E-state index contributed by atoms with van der Waals surface area (Å²) in [6.07, 6.45) is 2.51. The third-order valence-corrected chi connectivity index (χ3v) is 3.12. The second kappa shape index (κ2) is 5.07. The Morgan fingerprint density at radius 1 is 1.59 bits per heavy atom. The molecular formula is C13H17N3O. The van der Waals surface area contributed by atoms with E-state index in [2.05, 4.69) is 11.0 Å². The Bertz CT molecular complexity index is 433. The van der Waals surface area contributed by atoms with Crippen LogP contribution >= 0.6 is 0 Å². The fourth-order valence-electron chi connectivity index (χ4n) is 2.18. The summed E-state index contributed by atoms with van der Waals surface area (Å²) in [4.78, 5) is 2.06. The maximum atomic E-state index is 8.94. The van der Waals surface area contributed by atoms with Crippen LogP contribution in [-0.4, -0.2) is 26.3 Å².